The SMILES string of the molecule is CCC(=O)N(CCCCNC(=O)c1cccc(C(F)(F)F)c1)c1ccc2c(c1)OCO2. The van der Waals surface area contributed by atoms with Crippen molar-refractivity contribution in [2.45, 2.75) is 32.4 Å². The summed E-state index contributed by atoms with van der Waals surface area (Å²) in [5.74, 6) is 0.597. The van der Waals surface area contributed by atoms with Gasteiger partial charge in [0.1, 0.15) is 0 Å². The molecule has 0 fully saturated rings. The molecule has 0 bridgehead atoms. The van der Waals surface area contributed by atoms with E-state index in [-0.39, 0.29) is 24.8 Å². The summed E-state index contributed by atoms with van der Waals surface area (Å²) < 4.78 is 49.0. The summed E-state index contributed by atoms with van der Waals surface area (Å²) in [6.07, 6.45) is -3.01. The van der Waals surface area contributed by atoms with Gasteiger partial charge in [0, 0.05) is 36.8 Å². The molecule has 0 radical (unpaired) electrons. The van der Waals surface area contributed by atoms with Crippen molar-refractivity contribution in [1.82, 2.24) is 5.32 Å². The Labute approximate surface area is 177 Å². The van der Waals surface area contributed by atoms with E-state index in [1.54, 1.807) is 30.0 Å². The first-order valence-corrected chi connectivity index (χ1v) is 9.95. The standard InChI is InChI=1S/C22H23F3N2O4/c1-2-20(28)27(17-8-9-18-19(13-17)31-14-30-18)11-4-3-10-26-21(29)15-6-5-7-16(12-15)22(23,24)25/h5-9,12-13H,2-4,10-11,14H2,1H3,(H,26,29). The van der Waals surface area contributed by atoms with Crippen LogP contribution >= 0.6 is 0 Å². The fraction of sp³-hybridized carbons (Fsp3) is 0.364. The van der Waals surface area contributed by atoms with E-state index in [0.717, 1.165) is 12.1 Å². The number of anilines is 1. The van der Waals surface area contributed by atoms with Crippen LogP contribution in [0.2, 0.25) is 0 Å². The topological polar surface area (TPSA) is 67.9 Å². The molecular formula is C22H23F3N2O4. The lowest BCUT2D eigenvalue weighted by molar-refractivity contribution is -0.137. The zero-order valence-electron chi connectivity index (χ0n) is 17.0. The van der Waals surface area contributed by atoms with Crippen molar-refractivity contribution >= 4 is 17.5 Å². The number of hydrogen-bond acceptors (Lipinski definition) is 4. The van der Waals surface area contributed by atoms with Crippen molar-refractivity contribution in [2.24, 2.45) is 0 Å². The molecule has 166 valence electrons. The minimum absolute atomic E-state index is 0.0435. The van der Waals surface area contributed by atoms with Crippen LogP contribution in [0.4, 0.5) is 18.9 Å². The van der Waals surface area contributed by atoms with Crippen molar-refractivity contribution in [1.29, 1.82) is 0 Å². The van der Waals surface area contributed by atoms with Gasteiger partial charge in [-0.05, 0) is 43.2 Å². The van der Waals surface area contributed by atoms with E-state index in [4.69, 9.17) is 9.47 Å². The molecule has 1 aliphatic heterocycles. The Hall–Kier alpha value is -3.23. The lowest BCUT2D eigenvalue weighted by Crippen LogP contribution is -2.32. The Bertz CT molecular complexity index is 947. The number of rotatable bonds is 8. The van der Waals surface area contributed by atoms with Crippen LogP contribution in [0.25, 0.3) is 0 Å². The first-order valence-electron chi connectivity index (χ1n) is 9.95. The van der Waals surface area contributed by atoms with Gasteiger partial charge >= 0.3 is 6.18 Å². The number of ether oxygens (including phenoxy) is 2. The first-order chi connectivity index (χ1) is 14.8. The van der Waals surface area contributed by atoms with E-state index in [2.05, 4.69) is 5.32 Å². The normalized spacial score (nSPS) is 12.5. The largest absolute Gasteiger partial charge is 0.454 e. The first kappa shape index (κ1) is 22.5. The van der Waals surface area contributed by atoms with Crippen LogP contribution in [0.5, 0.6) is 11.5 Å². The lowest BCUT2D eigenvalue weighted by atomic mass is 10.1. The van der Waals surface area contributed by atoms with E-state index < -0.39 is 17.6 Å². The molecule has 0 atom stereocenters. The van der Waals surface area contributed by atoms with Crippen LogP contribution < -0.4 is 19.7 Å². The van der Waals surface area contributed by atoms with Crippen molar-refractivity contribution in [3.63, 3.8) is 0 Å². The van der Waals surface area contributed by atoms with Crippen molar-refractivity contribution < 1.29 is 32.2 Å². The van der Waals surface area contributed by atoms with E-state index in [1.165, 1.54) is 12.1 Å². The fourth-order valence-electron chi connectivity index (χ4n) is 3.18. The Balaban J connectivity index is 1.51. The molecule has 31 heavy (non-hydrogen) atoms. The molecule has 3 rings (SSSR count). The zero-order chi connectivity index (χ0) is 22.4. The summed E-state index contributed by atoms with van der Waals surface area (Å²) in [5, 5.41) is 2.62. The molecule has 2 amide bonds. The number of nitrogens with one attached hydrogen (secondary N) is 1. The average molecular weight is 436 g/mol. The summed E-state index contributed by atoms with van der Waals surface area (Å²) in [6, 6.07) is 9.59. The number of nitrogens with zero attached hydrogens (tertiary/aromatic N) is 1. The number of hydrogen-bond donors (Lipinski definition) is 1. The van der Waals surface area contributed by atoms with Gasteiger partial charge in [0.05, 0.1) is 5.56 Å². The highest BCUT2D eigenvalue weighted by atomic mass is 19.4. The monoisotopic (exact) mass is 436 g/mol. The second-order valence-corrected chi connectivity index (χ2v) is 6.98. The molecule has 6 nitrogen and oxygen atoms in total. The van der Waals surface area contributed by atoms with Crippen molar-refractivity contribution in [2.75, 3.05) is 24.8 Å². The summed E-state index contributed by atoms with van der Waals surface area (Å²) in [6.45, 7) is 2.64. The predicted octanol–water partition coefficient (Wildman–Crippen LogP) is 4.39. The third kappa shape index (κ3) is 5.68. The Morgan fingerprint density at radius 1 is 1.06 bits per heavy atom. The minimum Gasteiger partial charge on any atom is -0.454 e. The molecule has 0 saturated heterocycles. The summed E-state index contributed by atoms with van der Waals surface area (Å²) in [7, 11) is 0. The molecule has 0 unspecified atom stereocenters. The molecule has 0 spiro atoms. The highest BCUT2D eigenvalue weighted by Gasteiger charge is 2.30. The zero-order valence-corrected chi connectivity index (χ0v) is 17.0. The highest BCUT2D eigenvalue weighted by Crippen LogP contribution is 2.35. The summed E-state index contributed by atoms with van der Waals surface area (Å²) >= 11 is 0. The molecule has 9 heteroatoms. The van der Waals surface area contributed by atoms with Crippen LogP contribution in [0, 0.1) is 0 Å². The summed E-state index contributed by atoms with van der Waals surface area (Å²) in [5.41, 5.74) is -0.209. The fourth-order valence-corrected chi connectivity index (χ4v) is 3.18. The Morgan fingerprint density at radius 2 is 1.84 bits per heavy atom. The lowest BCUT2D eigenvalue weighted by Gasteiger charge is -2.22. The second-order valence-electron chi connectivity index (χ2n) is 6.98. The van der Waals surface area contributed by atoms with Gasteiger partial charge in [-0.25, -0.2) is 0 Å². The molecule has 0 saturated carbocycles. The van der Waals surface area contributed by atoms with Gasteiger partial charge < -0.3 is 19.7 Å². The Kier molecular flexibility index (Phi) is 7.04. The molecule has 0 aromatic heterocycles. The van der Waals surface area contributed by atoms with E-state index in [9.17, 15) is 22.8 Å². The van der Waals surface area contributed by atoms with E-state index in [0.29, 0.717) is 43.0 Å². The van der Waals surface area contributed by atoms with Crippen LogP contribution in [0.15, 0.2) is 42.5 Å². The molecule has 2 aromatic rings. The molecule has 2 aromatic carbocycles. The van der Waals surface area contributed by atoms with Crippen LogP contribution in [-0.4, -0.2) is 31.7 Å². The number of halogens is 3. The number of carbonyl (C=O) groups excluding carboxylic acids is 2. The van der Waals surface area contributed by atoms with Gasteiger partial charge in [-0.3, -0.25) is 9.59 Å². The number of fused-ring (bicyclic) bond motifs is 1. The summed E-state index contributed by atoms with van der Waals surface area (Å²) in [4.78, 5) is 26.2. The smallest absolute Gasteiger partial charge is 0.416 e. The maximum atomic E-state index is 12.8. The van der Waals surface area contributed by atoms with E-state index >= 15 is 0 Å². The van der Waals surface area contributed by atoms with Crippen molar-refractivity contribution in [3.05, 3.63) is 53.6 Å². The quantitative estimate of drug-likeness (QED) is 0.624. The highest BCUT2D eigenvalue weighted by molar-refractivity contribution is 5.94. The number of carbonyl (C=O) groups is 2. The second kappa shape index (κ2) is 9.72. The average Bonchev–Trinajstić information content (AvgIpc) is 3.23. The maximum absolute atomic E-state index is 12.8. The molecule has 1 heterocycles. The van der Waals surface area contributed by atoms with Crippen LogP contribution in [-0.2, 0) is 11.0 Å². The maximum Gasteiger partial charge on any atom is 0.416 e. The van der Waals surface area contributed by atoms with Crippen LogP contribution in [0.3, 0.4) is 0 Å². The van der Waals surface area contributed by atoms with Crippen LogP contribution in [0.1, 0.15) is 42.1 Å². The number of benzene rings is 2. The third-order valence-electron chi connectivity index (χ3n) is 4.82. The van der Waals surface area contributed by atoms with Gasteiger partial charge in [0.2, 0.25) is 12.7 Å². The minimum atomic E-state index is -4.50. The van der Waals surface area contributed by atoms with Gasteiger partial charge in [-0.15, -0.1) is 0 Å². The number of amides is 2. The molecule has 0 aliphatic carbocycles. The van der Waals surface area contributed by atoms with Crippen molar-refractivity contribution in [3.8, 4) is 11.5 Å². The number of alkyl halides is 3. The van der Waals surface area contributed by atoms with Gasteiger partial charge in [-0.2, -0.15) is 13.2 Å². The molecular weight excluding hydrogens is 413 g/mol. The Morgan fingerprint density at radius 3 is 2.58 bits per heavy atom. The van der Waals surface area contributed by atoms with E-state index in [1.807, 2.05) is 0 Å². The van der Waals surface area contributed by atoms with Gasteiger partial charge in [0.25, 0.3) is 5.91 Å². The molecule has 1 N–H and O–H groups in total. The van der Waals surface area contributed by atoms with Gasteiger partial charge in [0.15, 0.2) is 11.5 Å². The third-order valence-corrected chi connectivity index (χ3v) is 4.82. The number of unbranched alkanes of at least 4 members (excludes halogenated alkanes) is 1. The predicted molar refractivity (Wildman–Crippen MR) is 108 cm³/mol. The molecule has 1 aliphatic rings. The van der Waals surface area contributed by atoms with Gasteiger partial charge in [-0.1, -0.05) is 13.0 Å².